The SMILES string of the molecule is Cc1noc(-c2ccc(NC(=O)N(C)C)cc2)n1. The predicted octanol–water partition coefficient (Wildman–Crippen LogP) is 2.14. The fourth-order valence-electron chi connectivity index (χ4n) is 1.35. The molecule has 18 heavy (non-hydrogen) atoms. The van der Waals surface area contributed by atoms with E-state index in [0.29, 0.717) is 17.4 Å². The lowest BCUT2D eigenvalue weighted by atomic mass is 10.2. The molecule has 1 N–H and O–H groups in total. The number of hydrogen-bond donors (Lipinski definition) is 1. The van der Waals surface area contributed by atoms with Crippen LogP contribution in [0.5, 0.6) is 0 Å². The van der Waals surface area contributed by atoms with Gasteiger partial charge in [-0.25, -0.2) is 4.79 Å². The lowest BCUT2D eigenvalue weighted by Crippen LogP contribution is -2.27. The molecule has 0 aliphatic carbocycles. The van der Waals surface area contributed by atoms with E-state index in [-0.39, 0.29) is 6.03 Å². The number of amides is 2. The summed E-state index contributed by atoms with van der Waals surface area (Å²) in [6, 6.07) is 7.04. The van der Waals surface area contributed by atoms with Gasteiger partial charge in [0.15, 0.2) is 5.82 Å². The molecule has 0 saturated heterocycles. The lowest BCUT2D eigenvalue weighted by molar-refractivity contribution is 0.230. The number of aromatic nitrogens is 2. The van der Waals surface area contributed by atoms with Gasteiger partial charge < -0.3 is 14.7 Å². The first-order valence-electron chi connectivity index (χ1n) is 5.45. The molecule has 1 heterocycles. The van der Waals surface area contributed by atoms with E-state index in [1.165, 1.54) is 4.90 Å². The van der Waals surface area contributed by atoms with Crippen molar-refractivity contribution in [1.82, 2.24) is 15.0 Å². The van der Waals surface area contributed by atoms with Gasteiger partial charge >= 0.3 is 6.03 Å². The maximum Gasteiger partial charge on any atom is 0.321 e. The number of urea groups is 1. The number of nitrogens with zero attached hydrogens (tertiary/aromatic N) is 3. The Kier molecular flexibility index (Phi) is 3.27. The van der Waals surface area contributed by atoms with Gasteiger partial charge in [-0.1, -0.05) is 5.16 Å². The van der Waals surface area contributed by atoms with E-state index in [2.05, 4.69) is 15.5 Å². The third kappa shape index (κ3) is 2.65. The molecule has 0 saturated carbocycles. The minimum absolute atomic E-state index is 0.170. The zero-order valence-corrected chi connectivity index (χ0v) is 10.5. The Hall–Kier alpha value is -2.37. The van der Waals surface area contributed by atoms with E-state index in [0.717, 1.165) is 5.56 Å². The van der Waals surface area contributed by atoms with Crippen LogP contribution in [0.4, 0.5) is 10.5 Å². The average Bonchev–Trinajstić information content (AvgIpc) is 2.76. The highest BCUT2D eigenvalue weighted by molar-refractivity contribution is 5.89. The number of aryl methyl sites for hydroxylation is 1. The average molecular weight is 246 g/mol. The van der Waals surface area contributed by atoms with E-state index in [1.807, 2.05) is 12.1 Å². The number of benzene rings is 1. The Morgan fingerprint density at radius 2 is 1.94 bits per heavy atom. The second-order valence-electron chi connectivity index (χ2n) is 4.05. The summed E-state index contributed by atoms with van der Waals surface area (Å²) in [4.78, 5) is 17.0. The van der Waals surface area contributed by atoms with Gasteiger partial charge in [-0.05, 0) is 31.2 Å². The number of hydrogen-bond acceptors (Lipinski definition) is 4. The second-order valence-corrected chi connectivity index (χ2v) is 4.05. The molecule has 0 aliphatic rings. The van der Waals surface area contributed by atoms with Crippen LogP contribution in [-0.2, 0) is 0 Å². The molecule has 6 heteroatoms. The number of nitrogens with one attached hydrogen (secondary N) is 1. The Balaban J connectivity index is 2.13. The van der Waals surface area contributed by atoms with Gasteiger partial charge in [0.05, 0.1) is 0 Å². The topological polar surface area (TPSA) is 71.3 Å². The molecule has 0 radical (unpaired) electrons. The van der Waals surface area contributed by atoms with E-state index >= 15 is 0 Å². The summed E-state index contributed by atoms with van der Waals surface area (Å²) >= 11 is 0. The molecule has 94 valence electrons. The number of rotatable bonds is 2. The molecule has 1 aromatic heterocycles. The van der Waals surface area contributed by atoms with Crippen molar-refractivity contribution in [3.05, 3.63) is 30.1 Å². The third-order valence-corrected chi connectivity index (χ3v) is 2.32. The van der Waals surface area contributed by atoms with Gasteiger partial charge in [0.2, 0.25) is 0 Å². The Labute approximate surface area is 105 Å². The smallest absolute Gasteiger partial charge is 0.321 e. The van der Waals surface area contributed by atoms with Gasteiger partial charge in [0, 0.05) is 25.3 Å². The first-order chi connectivity index (χ1) is 8.56. The van der Waals surface area contributed by atoms with Gasteiger partial charge in [-0.2, -0.15) is 4.98 Å². The summed E-state index contributed by atoms with van der Waals surface area (Å²) in [6.07, 6.45) is 0. The molecule has 2 rings (SSSR count). The van der Waals surface area contributed by atoms with Crippen LogP contribution in [-0.4, -0.2) is 35.2 Å². The summed E-state index contributed by atoms with van der Waals surface area (Å²) in [6.45, 7) is 1.76. The number of anilines is 1. The lowest BCUT2D eigenvalue weighted by Gasteiger charge is -2.11. The molecule has 0 bridgehead atoms. The fraction of sp³-hybridized carbons (Fsp3) is 0.250. The molecule has 0 fully saturated rings. The van der Waals surface area contributed by atoms with Gasteiger partial charge in [-0.3, -0.25) is 0 Å². The molecular formula is C12H14N4O2. The summed E-state index contributed by atoms with van der Waals surface area (Å²) in [5.74, 6) is 1.06. The Morgan fingerprint density at radius 1 is 1.28 bits per heavy atom. The first-order valence-corrected chi connectivity index (χ1v) is 5.45. The normalized spacial score (nSPS) is 10.2. The molecule has 6 nitrogen and oxygen atoms in total. The van der Waals surface area contributed by atoms with Crippen LogP contribution >= 0.6 is 0 Å². The molecule has 0 spiro atoms. The van der Waals surface area contributed by atoms with Gasteiger partial charge in [0.1, 0.15) is 0 Å². The maximum absolute atomic E-state index is 11.4. The summed E-state index contributed by atoms with van der Waals surface area (Å²) in [5.41, 5.74) is 1.53. The highest BCUT2D eigenvalue weighted by Crippen LogP contribution is 2.19. The maximum atomic E-state index is 11.4. The molecule has 0 unspecified atom stereocenters. The second kappa shape index (κ2) is 4.87. The molecule has 2 aromatic rings. The third-order valence-electron chi connectivity index (χ3n) is 2.32. The Bertz CT molecular complexity index is 545. The Morgan fingerprint density at radius 3 is 2.44 bits per heavy atom. The van der Waals surface area contributed by atoms with E-state index in [1.54, 1.807) is 33.2 Å². The van der Waals surface area contributed by atoms with Crippen molar-refractivity contribution in [3.63, 3.8) is 0 Å². The minimum Gasteiger partial charge on any atom is -0.334 e. The zero-order chi connectivity index (χ0) is 13.1. The highest BCUT2D eigenvalue weighted by Gasteiger charge is 2.07. The van der Waals surface area contributed by atoms with Crippen molar-refractivity contribution in [1.29, 1.82) is 0 Å². The number of carbonyl (C=O) groups is 1. The monoisotopic (exact) mass is 246 g/mol. The van der Waals surface area contributed by atoms with Crippen LogP contribution in [0, 0.1) is 6.92 Å². The van der Waals surface area contributed by atoms with Crippen LogP contribution in [0.3, 0.4) is 0 Å². The van der Waals surface area contributed by atoms with Crippen molar-refractivity contribution >= 4 is 11.7 Å². The summed E-state index contributed by atoms with van der Waals surface area (Å²) in [5, 5.41) is 6.47. The fourth-order valence-corrected chi connectivity index (χ4v) is 1.35. The van der Waals surface area contributed by atoms with Crippen molar-refractivity contribution in [2.24, 2.45) is 0 Å². The predicted molar refractivity (Wildman–Crippen MR) is 67.2 cm³/mol. The molecule has 2 amide bonds. The highest BCUT2D eigenvalue weighted by atomic mass is 16.5. The van der Waals surface area contributed by atoms with Crippen molar-refractivity contribution in [2.45, 2.75) is 6.92 Å². The van der Waals surface area contributed by atoms with Crippen LogP contribution in [0.2, 0.25) is 0 Å². The van der Waals surface area contributed by atoms with E-state index in [4.69, 9.17) is 4.52 Å². The molecular weight excluding hydrogens is 232 g/mol. The zero-order valence-electron chi connectivity index (χ0n) is 10.5. The first kappa shape index (κ1) is 12.1. The largest absolute Gasteiger partial charge is 0.334 e. The van der Waals surface area contributed by atoms with Crippen molar-refractivity contribution in [3.8, 4) is 11.5 Å². The van der Waals surface area contributed by atoms with Crippen LogP contribution in [0.1, 0.15) is 5.82 Å². The van der Waals surface area contributed by atoms with Crippen molar-refractivity contribution in [2.75, 3.05) is 19.4 Å². The standard InChI is InChI=1S/C12H14N4O2/c1-8-13-11(18-15-8)9-4-6-10(7-5-9)14-12(17)16(2)3/h4-7H,1-3H3,(H,14,17). The van der Waals surface area contributed by atoms with Crippen LogP contribution < -0.4 is 5.32 Å². The van der Waals surface area contributed by atoms with E-state index < -0.39 is 0 Å². The molecule has 1 aromatic carbocycles. The van der Waals surface area contributed by atoms with Crippen molar-refractivity contribution < 1.29 is 9.32 Å². The molecule has 0 aliphatic heterocycles. The van der Waals surface area contributed by atoms with Crippen LogP contribution in [0.25, 0.3) is 11.5 Å². The van der Waals surface area contributed by atoms with Gasteiger partial charge in [-0.15, -0.1) is 0 Å². The van der Waals surface area contributed by atoms with Crippen LogP contribution in [0.15, 0.2) is 28.8 Å². The number of carbonyl (C=O) groups excluding carboxylic acids is 1. The molecule has 0 atom stereocenters. The summed E-state index contributed by atoms with van der Waals surface area (Å²) in [7, 11) is 3.37. The van der Waals surface area contributed by atoms with Gasteiger partial charge in [0.25, 0.3) is 5.89 Å². The minimum atomic E-state index is -0.170. The van der Waals surface area contributed by atoms with E-state index in [9.17, 15) is 4.79 Å². The quantitative estimate of drug-likeness (QED) is 0.881. The summed E-state index contributed by atoms with van der Waals surface area (Å²) < 4.78 is 5.05.